The van der Waals surface area contributed by atoms with Crippen LogP contribution in [-0.2, 0) is 6.54 Å². The van der Waals surface area contributed by atoms with Crippen molar-refractivity contribution in [3.63, 3.8) is 0 Å². The largest absolute Gasteiger partial charge is 0.378 e. The van der Waals surface area contributed by atoms with E-state index >= 15 is 0 Å². The monoisotopic (exact) mass is 337 g/mol. The maximum Gasteiger partial charge on any atom is 0.274 e. The fourth-order valence-corrected chi connectivity index (χ4v) is 2.98. The van der Waals surface area contributed by atoms with E-state index < -0.39 is 0 Å². The molecular formula is C20H23N3O2. The van der Waals surface area contributed by atoms with E-state index in [1.165, 1.54) is 0 Å². The van der Waals surface area contributed by atoms with E-state index in [0.29, 0.717) is 12.2 Å². The fourth-order valence-electron chi connectivity index (χ4n) is 2.98. The van der Waals surface area contributed by atoms with Crippen LogP contribution in [-0.4, -0.2) is 15.8 Å². The van der Waals surface area contributed by atoms with Gasteiger partial charge in [0.15, 0.2) is 0 Å². The molecule has 0 aliphatic heterocycles. The quantitative estimate of drug-likeness (QED) is 0.765. The summed E-state index contributed by atoms with van der Waals surface area (Å²) in [5.74, 6) is 0.748. The van der Waals surface area contributed by atoms with Crippen molar-refractivity contribution in [3.05, 3.63) is 70.0 Å². The van der Waals surface area contributed by atoms with Gasteiger partial charge in [0.1, 0.15) is 11.4 Å². The van der Waals surface area contributed by atoms with Crippen LogP contribution in [0.15, 0.2) is 51.9 Å². The summed E-state index contributed by atoms with van der Waals surface area (Å²) in [5.41, 5.74) is 4.31. The molecule has 130 valence electrons. The van der Waals surface area contributed by atoms with Crippen LogP contribution in [0.25, 0.3) is 11.1 Å². The minimum Gasteiger partial charge on any atom is -0.378 e. The van der Waals surface area contributed by atoms with E-state index in [1.807, 2.05) is 70.3 Å². The number of hydrogen-bond acceptors (Lipinski definition) is 4. The highest BCUT2D eigenvalue weighted by Gasteiger charge is 2.16. The number of nitrogens with one attached hydrogen (secondary N) is 1. The van der Waals surface area contributed by atoms with Crippen LogP contribution in [0.3, 0.4) is 0 Å². The number of nitrogens with zero attached hydrogens (tertiary/aromatic N) is 2. The number of aryl methyl sites for hydroxylation is 2. The van der Waals surface area contributed by atoms with Gasteiger partial charge in [0.25, 0.3) is 5.56 Å². The smallest absolute Gasteiger partial charge is 0.274 e. The van der Waals surface area contributed by atoms with E-state index in [0.717, 1.165) is 28.1 Å². The lowest BCUT2D eigenvalue weighted by Crippen LogP contribution is -2.26. The molecule has 2 heterocycles. The van der Waals surface area contributed by atoms with E-state index in [-0.39, 0.29) is 11.6 Å². The van der Waals surface area contributed by atoms with Crippen molar-refractivity contribution >= 4 is 5.69 Å². The van der Waals surface area contributed by atoms with Crippen molar-refractivity contribution < 1.29 is 4.52 Å². The molecule has 0 amide bonds. The number of rotatable bonds is 5. The molecule has 0 saturated carbocycles. The van der Waals surface area contributed by atoms with Crippen molar-refractivity contribution in [2.45, 2.75) is 40.3 Å². The summed E-state index contributed by atoms with van der Waals surface area (Å²) in [6.45, 7) is 8.35. The van der Waals surface area contributed by atoms with Gasteiger partial charge in [-0.05, 0) is 39.3 Å². The molecule has 0 radical (unpaired) electrons. The standard InChI is InChI=1S/C20H23N3O2/c1-13(2)21-18-10-17(19-14(3)22-25-15(19)4)12-23(20(18)24)11-16-8-6-5-7-9-16/h5-10,12-13,21H,11H2,1-4H3. The molecule has 0 bridgehead atoms. The van der Waals surface area contributed by atoms with Crippen molar-refractivity contribution in [1.82, 2.24) is 9.72 Å². The van der Waals surface area contributed by atoms with Gasteiger partial charge in [0.05, 0.1) is 12.2 Å². The lowest BCUT2D eigenvalue weighted by molar-refractivity contribution is 0.393. The predicted molar refractivity (Wildman–Crippen MR) is 100.0 cm³/mol. The van der Waals surface area contributed by atoms with Crippen molar-refractivity contribution in [3.8, 4) is 11.1 Å². The molecule has 0 aliphatic rings. The van der Waals surface area contributed by atoms with Gasteiger partial charge >= 0.3 is 0 Å². The first kappa shape index (κ1) is 17.0. The lowest BCUT2D eigenvalue weighted by atomic mass is 10.1. The SMILES string of the molecule is Cc1noc(C)c1-c1cc(NC(C)C)c(=O)n(Cc2ccccc2)c1. The molecule has 0 atom stereocenters. The lowest BCUT2D eigenvalue weighted by Gasteiger charge is -2.15. The highest BCUT2D eigenvalue weighted by atomic mass is 16.5. The molecule has 1 N–H and O–H groups in total. The van der Waals surface area contributed by atoms with Crippen LogP contribution in [0.4, 0.5) is 5.69 Å². The molecule has 0 spiro atoms. The molecule has 2 aromatic heterocycles. The highest BCUT2D eigenvalue weighted by Crippen LogP contribution is 2.27. The van der Waals surface area contributed by atoms with Crippen LogP contribution in [0.1, 0.15) is 30.9 Å². The molecule has 0 aliphatic carbocycles. The van der Waals surface area contributed by atoms with Gasteiger partial charge in [-0.15, -0.1) is 0 Å². The van der Waals surface area contributed by atoms with Crippen LogP contribution in [0.5, 0.6) is 0 Å². The molecule has 3 aromatic rings. The van der Waals surface area contributed by atoms with Crippen molar-refractivity contribution in [2.75, 3.05) is 5.32 Å². The Bertz CT molecular complexity index is 904. The summed E-state index contributed by atoms with van der Waals surface area (Å²) in [5, 5.41) is 7.29. The molecule has 3 rings (SSSR count). The summed E-state index contributed by atoms with van der Waals surface area (Å²) in [4.78, 5) is 12.9. The van der Waals surface area contributed by atoms with Crippen molar-refractivity contribution in [1.29, 1.82) is 0 Å². The summed E-state index contributed by atoms with van der Waals surface area (Å²) in [6, 6.07) is 12.0. The van der Waals surface area contributed by atoms with E-state index in [2.05, 4.69) is 10.5 Å². The Morgan fingerprint density at radius 2 is 1.92 bits per heavy atom. The summed E-state index contributed by atoms with van der Waals surface area (Å²) >= 11 is 0. The van der Waals surface area contributed by atoms with Crippen LogP contribution < -0.4 is 10.9 Å². The number of aromatic nitrogens is 2. The van der Waals surface area contributed by atoms with Gasteiger partial charge in [-0.2, -0.15) is 0 Å². The Morgan fingerprint density at radius 1 is 1.20 bits per heavy atom. The third-order valence-electron chi connectivity index (χ3n) is 4.05. The van der Waals surface area contributed by atoms with Crippen LogP contribution >= 0.6 is 0 Å². The van der Waals surface area contributed by atoms with Gasteiger partial charge in [-0.1, -0.05) is 35.5 Å². The molecule has 25 heavy (non-hydrogen) atoms. The minimum absolute atomic E-state index is 0.0342. The zero-order valence-electron chi connectivity index (χ0n) is 15.0. The molecule has 5 nitrogen and oxygen atoms in total. The second-order valence-corrected chi connectivity index (χ2v) is 6.56. The van der Waals surface area contributed by atoms with Crippen LogP contribution in [0.2, 0.25) is 0 Å². The Labute approximate surface area is 147 Å². The number of hydrogen-bond donors (Lipinski definition) is 1. The van der Waals surface area contributed by atoms with E-state index in [4.69, 9.17) is 4.52 Å². The summed E-state index contributed by atoms with van der Waals surface area (Å²) in [7, 11) is 0. The predicted octanol–water partition coefficient (Wildman–Crippen LogP) is 3.99. The Morgan fingerprint density at radius 3 is 2.52 bits per heavy atom. The Hall–Kier alpha value is -2.82. The second-order valence-electron chi connectivity index (χ2n) is 6.56. The van der Waals surface area contributed by atoms with Gasteiger partial charge in [-0.3, -0.25) is 4.79 Å². The molecule has 0 fully saturated rings. The summed E-state index contributed by atoms with van der Waals surface area (Å²) in [6.07, 6.45) is 1.88. The Kier molecular flexibility index (Phi) is 4.74. The highest BCUT2D eigenvalue weighted by molar-refractivity contribution is 5.70. The number of benzene rings is 1. The first-order valence-electron chi connectivity index (χ1n) is 8.44. The van der Waals surface area contributed by atoms with Gasteiger partial charge in [0, 0.05) is 23.4 Å². The number of pyridine rings is 1. The molecule has 0 saturated heterocycles. The maximum absolute atomic E-state index is 12.9. The molecule has 5 heteroatoms. The average Bonchev–Trinajstić information content (AvgIpc) is 2.90. The van der Waals surface area contributed by atoms with Gasteiger partial charge < -0.3 is 14.4 Å². The van der Waals surface area contributed by atoms with E-state index in [1.54, 1.807) is 4.57 Å². The third-order valence-corrected chi connectivity index (χ3v) is 4.05. The second kappa shape index (κ2) is 6.97. The average molecular weight is 337 g/mol. The van der Waals surface area contributed by atoms with E-state index in [9.17, 15) is 4.79 Å². The molecule has 0 unspecified atom stereocenters. The maximum atomic E-state index is 12.9. The van der Waals surface area contributed by atoms with Crippen LogP contribution in [0, 0.1) is 13.8 Å². The summed E-state index contributed by atoms with van der Waals surface area (Å²) < 4.78 is 7.04. The molecular weight excluding hydrogens is 314 g/mol. The normalized spacial score (nSPS) is 11.1. The third kappa shape index (κ3) is 3.65. The van der Waals surface area contributed by atoms with Crippen molar-refractivity contribution in [2.24, 2.45) is 0 Å². The zero-order chi connectivity index (χ0) is 18.0. The zero-order valence-corrected chi connectivity index (χ0v) is 15.0. The minimum atomic E-state index is -0.0342. The van der Waals surface area contributed by atoms with Gasteiger partial charge in [0.2, 0.25) is 0 Å². The number of anilines is 1. The molecule has 1 aromatic carbocycles. The van der Waals surface area contributed by atoms with Gasteiger partial charge in [-0.25, -0.2) is 0 Å². The first-order chi connectivity index (χ1) is 12.0. The first-order valence-corrected chi connectivity index (χ1v) is 8.44. The Balaban J connectivity index is 2.13. The topological polar surface area (TPSA) is 60.1 Å². The fraction of sp³-hybridized carbons (Fsp3) is 0.300.